The van der Waals surface area contributed by atoms with Crippen molar-refractivity contribution < 1.29 is 33.3 Å². The lowest BCUT2D eigenvalue weighted by atomic mass is 10.0. The first-order chi connectivity index (χ1) is 21.9. The van der Waals surface area contributed by atoms with Crippen LogP contribution in [0.15, 0.2) is 48.0 Å². The Labute approximate surface area is 273 Å². The maximum atomic E-state index is 12.9. The van der Waals surface area contributed by atoms with Crippen molar-refractivity contribution in [3.8, 4) is 11.5 Å². The van der Waals surface area contributed by atoms with Gasteiger partial charge in [-0.15, -0.1) is 0 Å². The Morgan fingerprint density at radius 1 is 0.778 bits per heavy atom. The van der Waals surface area contributed by atoms with Crippen molar-refractivity contribution in [1.82, 2.24) is 0 Å². The molecule has 0 aliphatic carbocycles. The number of carbonyl (C=O) groups excluding carboxylic acids is 3. The predicted molar refractivity (Wildman–Crippen MR) is 179 cm³/mol. The number of unbranched alkanes of at least 4 members (excludes halogenated alkanes) is 10. The minimum absolute atomic E-state index is 0.150. The summed E-state index contributed by atoms with van der Waals surface area (Å²) in [5.74, 6) is 0.758. The van der Waals surface area contributed by atoms with Gasteiger partial charge in [0.25, 0.3) is 5.91 Å². The van der Waals surface area contributed by atoms with Gasteiger partial charge in [0.05, 0.1) is 31.0 Å². The highest BCUT2D eigenvalue weighted by Crippen LogP contribution is 2.28. The van der Waals surface area contributed by atoms with Crippen LogP contribution in [0.4, 0.5) is 5.69 Å². The van der Waals surface area contributed by atoms with Crippen molar-refractivity contribution in [3.63, 3.8) is 0 Å². The highest BCUT2D eigenvalue weighted by molar-refractivity contribution is 6.36. The highest BCUT2D eigenvalue weighted by Gasteiger charge is 2.23. The molecule has 1 amide bonds. The van der Waals surface area contributed by atoms with Gasteiger partial charge in [-0.25, -0.2) is 4.79 Å². The molecule has 0 radical (unpaired) electrons. The number of carbonyl (C=O) groups is 2. The summed E-state index contributed by atoms with van der Waals surface area (Å²) < 4.78 is 23.2. The number of ketones is 1. The van der Waals surface area contributed by atoms with Crippen LogP contribution in [0.1, 0.15) is 101 Å². The Kier molecular flexibility index (Phi) is 19.6. The Balaban J connectivity index is 2.00. The maximum absolute atomic E-state index is 12.9. The Bertz CT molecular complexity index is 1170. The van der Waals surface area contributed by atoms with Gasteiger partial charge in [0.2, 0.25) is 5.78 Å². The number of hydrogen-bond donors (Lipinski definition) is 1. The minimum atomic E-state index is -0.925. The Morgan fingerprint density at radius 2 is 1.31 bits per heavy atom. The summed E-state index contributed by atoms with van der Waals surface area (Å²) in [6.07, 6.45) is 13.8. The molecule has 0 aromatic heterocycles. The summed E-state index contributed by atoms with van der Waals surface area (Å²) in [6.45, 7) is 6.41. The van der Waals surface area contributed by atoms with E-state index in [1.165, 1.54) is 76.6 Å². The molecule has 0 saturated carbocycles. The number of amides is 1. The average Bonchev–Trinajstić information content (AvgIpc) is 3.05. The number of methoxy groups -OCH3 is 1. The molecule has 0 saturated heterocycles. The first-order valence-electron chi connectivity index (χ1n) is 16.3. The molecule has 2 aromatic carbocycles. The predicted octanol–water partition coefficient (Wildman–Crippen LogP) is 8.43. The second kappa shape index (κ2) is 23.2. The van der Waals surface area contributed by atoms with Gasteiger partial charge >= 0.3 is 0 Å². The van der Waals surface area contributed by atoms with Crippen LogP contribution in [0.3, 0.4) is 0 Å². The van der Waals surface area contributed by atoms with E-state index in [9.17, 15) is 14.4 Å². The van der Waals surface area contributed by atoms with Crippen LogP contribution in [-0.2, 0) is 19.1 Å². The molecule has 9 heteroatoms. The van der Waals surface area contributed by atoms with Crippen molar-refractivity contribution in [2.45, 2.75) is 97.0 Å². The van der Waals surface area contributed by atoms with E-state index >= 15 is 0 Å². The van der Waals surface area contributed by atoms with Crippen molar-refractivity contribution in [2.75, 3.05) is 38.9 Å². The molecule has 0 atom stereocenters. The fraction of sp³-hybridized carbons (Fsp3) is 0.556. The fourth-order valence-corrected chi connectivity index (χ4v) is 4.81. The number of hydrogen-bond acceptors (Lipinski definition) is 7. The van der Waals surface area contributed by atoms with E-state index in [4.69, 9.17) is 30.5 Å². The number of Topliss-reactive ketones (excluding diaryl/α,β-unsaturated/α-hetero) is 1. The standard InChI is InChI=1S/C36H50ClNO7/c1-4-6-8-10-12-14-22-43-26-31(27-44-23-15-13-11-9-7-5-2)45-30-20-21-33(37)34(24-30)38-36(41)32(25-39)35(40)28-16-18-29(42-3)19-17-28/h16-21,24,31H,4-15,22-23,26-27H2,1-3H3,(H,38,41). The molecule has 0 unspecified atom stereocenters. The third kappa shape index (κ3) is 15.1. The largest absolute Gasteiger partial charge is 0.497 e. The smallest absolute Gasteiger partial charge is 0.270 e. The van der Waals surface area contributed by atoms with E-state index in [0.717, 1.165) is 25.7 Å². The first kappa shape index (κ1) is 38.0. The van der Waals surface area contributed by atoms with E-state index < -0.39 is 17.3 Å². The van der Waals surface area contributed by atoms with Gasteiger partial charge in [-0.2, -0.15) is 0 Å². The lowest BCUT2D eigenvalue weighted by molar-refractivity contribution is -0.112. The van der Waals surface area contributed by atoms with Crippen molar-refractivity contribution in [1.29, 1.82) is 0 Å². The van der Waals surface area contributed by atoms with Crippen LogP contribution in [0.2, 0.25) is 5.02 Å². The maximum Gasteiger partial charge on any atom is 0.270 e. The summed E-state index contributed by atoms with van der Waals surface area (Å²) in [6, 6.07) is 10.9. The van der Waals surface area contributed by atoms with Gasteiger partial charge in [-0.3, -0.25) is 9.59 Å². The molecular weight excluding hydrogens is 594 g/mol. The summed E-state index contributed by atoms with van der Waals surface area (Å²) in [5.41, 5.74) is -0.335. The second-order valence-electron chi connectivity index (χ2n) is 11.1. The molecular formula is C36H50ClNO7. The van der Waals surface area contributed by atoms with Gasteiger partial charge in [0.1, 0.15) is 23.5 Å². The quantitative estimate of drug-likeness (QED) is 0.0289. The molecule has 1 N–H and O–H groups in total. The number of rotatable bonds is 25. The van der Waals surface area contributed by atoms with Crippen molar-refractivity contribution in [2.24, 2.45) is 0 Å². The summed E-state index contributed by atoms with van der Waals surface area (Å²) in [4.78, 5) is 37.4. The first-order valence-corrected chi connectivity index (χ1v) is 16.7. The zero-order valence-electron chi connectivity index (χ0n) is 27.2. The molecule has 0 aliphatic rings. The molecule has 0 aliphatic heterocycles. The normalized spacial score (nSPS) is 10.9. The molecule has 0 spiro atoms. The minimum Gasteiger partial charge on any atom is -0.497 e. The summed E-state index contributed by atoms with van der Waals surface area (Å²) in [7, 11) is 1.50. The van der Waals surface area contributed by atoms with Crippen LogP contribution in [0.5, 0.6) is 11.5 Å². The third-order valence-corrected chi connectivity index (χ3v) is 7.62. The number of benzene rings is 2. The van der Waals surface area contributed by atoms with E-state index in [0.29, 0.717) is 37.9 Å². The number of anilines is 1. The fourth-order valence-electron chi connectivity index (χ4n) is 4.65. The SMILES string of the molecule is CCCCCCCCOCC(COCCCCCCCC)Oc1ccc(Cl)c(NC(=O)C(=C=O)C(=O)c2ccc(OC)cc2)c1. The lowest BCUT2D eigenvalue weighted by Crippen LogP contribution is -2.29. The van der Waals surface area contributed by atoms with Crippen LogP contribution in [0, 0.1) is 0 Å². The van der Waals surface area contributed by atoms with Gasteiger partial charge in [0.15, 0.2) is 5.57 Å². The third-order valence-electron chi connectivity index (χ3n) is 7.29. The molecule has 45 heavy (non-hydrogen) atoms. The average molecular weight is 644 g/mol. The summed E-state index contributed by atoms with van der Waals surface area (Å²) in [5, 5.41) is 2.77. The topological polar surface area (TPSA) is 100 Å². The van der Waals surface area contributed by atoms with Crippen molar-refractivity contribution in [3.05, 3.63) is 58.6 Å². The Hall–Kier alpha value is -3.16. The Morgan fingerprint density at radius 3 is 1.84 bits per heavy atom. The number of nitrogens with one attached hydrogen (secondary N) is 1. The highest BCUT2D eigenvalue weighted by atomic mass is 35.5. The van der Waals surface area contributed by atoms with E-state index in [1.54, 1.807) is 30.3 Å². The van der Waals surface area contributed by atoms with Crippen LogP contribution in [-0.4, -0.2) is 57.3 Å². The van der Waals surface area contributed by atoms with Gasteiger partial charge in [-0.05, 0) is 49.2 Å². The van der Waals surface area contributed by atoms with Gasteiger partial charge in [0, 0.05) is 24.8 Å². The molecule has 0 fully saturated rings. The molecule has 2 rings (SSSR count). The molecule has 8 nitrogen and oxygen atoms in total. The zero-order valence-corrected chi connectivity index (χ0v) is 27.9. The molecule has 0 bridgehead atoms. The number of ether oxygens (including phenoxy) is 4. The molecule has 0 heterocycles. The van der Waals surface area contributed by atoms with Gasteiger partial charge < -0.3 is 24.3 Å². The van der Waals surface area contributed by atoms with E-state index in [-0.39, 0.29) is 22.4 Å². The zero-order chi connectivity index (χ0) is 32.7. The lowest BCUT2D eigenvalue weighted by Gasteiger charge is -2.20. The van der Waals surface area contributed by atoms with E-state index in [2.05, 4.69) is 19.2 Å². The summed E-state index contributed by atoms with van der Waals surface area (Å²) >= 11 is 6.36. The monoisotopic (exact) mass is 643 g/mol. The molecule has 2 aromatic rings. The number of halogens is 1. The molecule has 248 valence electrons. The van der Waals surface area contributed by atoms with Crippen molar-refractivity contribution >= 4 is 34.9 Å². The van der Waals surface area contributed by atoms with Crippen LogP contribution in [0.25, 0.3) is 0 Å². The van der Waals surface area contributed by atoms with Gasteiger partial charge in [-0.1, -0.05) is 89.7 Å². The van der Waals surface area contributed by atoms with Crippen LogP contribution < -0.4 is 14.8 Å². The van der Waals surface area contributed by atoms with Crippen LogP contribution >= 0.6 is 11.6 Å². The van der Waals surface area contributed by atoms with E-state index in [1.807, 2.05) is 0 Å². The second-order valence-corrected chi connectivity index (χ2v) is 11.5.